The van der Waals surface area contributed by atoms with E-state index < -0.39 is 39.4 Å². The molecule has 2 rings (SSSR count). The van der Waals surface area contributed by atoms with Crippen LogP contribution in [0.4, 0.5) is 8.78 Å². The average Bonchev–Trinajstić information content (AvgIpc) is 2.99. The summed E-state index contributed by atoms with van der Waals surface area (Å²) in [5, 5.41) is 2.61. The number of sulfonamides is 1. The van der Waals surface area contributed by atoms with Crippen molar-refractivity contribution in [3.05, 3.63) is 35.4 Å². The van der Waals surface area contributed by atoms with Gasteiger partial charge in [-0.25, -0.2) is 21.9 Å². The Morgan fingerprint density at radius 1 is 1.30 bits per heavy atom. The van der Waals surface area contributed by atoms with Crippen molar-refractivity contribution in [2.75, 3.05) is 12.8 Å². The molecular formula is C15H20F2N2O3S. The summed E-state index contributed by atoms with van der Waals surface area (Å²) < 4.78 is 52.2. The molecule has 0 saturated heterocycles. The molecule has 1 atom stereocenters. The first-order valence-corrected chi connectivity index (χ1v) is 9.13. The molecule has 0 bridgehead atoms. The minimum Gasteiger partial charge on any atom is -0.348 e. The third-order valence-electron chi connectivity index (χ3n) is 4.12. The van der Waals surface area contributed by atoms with E-state index in [1.165, 1.54) is 13.1 Å². The SMILES string of the molecule is CNS(=O)(=O)CC(=O)N[C@@H](c1ccc(F)cc1F)C1CCCC1. The minimum absolute atomic E-state index is 0.0104. The summed E-state index contributed by atoms with van der Waals surface area (Å²) in [4.78, 5) is 12.0. The van der Waals surface area contributed by atoms with E-state index in [1.54, 1.807) is 0 Å². The molecule has 1 aromatic carbocycles. The number of hydrogen-bond donors (Lipinski definition) is 2. The van der Waals surface area contributed by atoms with E-state index in [1.807, 2.05) is 0 Å². The largest absolute Gasteiger partial charge is 0.348 e. The van der Waals surface area contributed by atoms with Crippen LogP contribution in [0, 0.1) is 17.6 Å². The minimum atomic E-state index is -3.70. The van der Waals surface area contributed by atoms with Gasteiger partial charge in [0.2, 0.25) is 15.9 Å². The van der Waals surface area contributed by atoms with Crippen LogP contribution in [0.3, 0.4) is 0 Å². The summed E-state index contributed by atoms with van der Waals surface area (Å²) in [5.41, 5.74) is 0.188. The fourth-order valence-electron chi connectivity index (χ4n) is 2.95. The van der Waals surface area contributed by atoms with Crippen molar-refractivity contribution in [3.63, 3.8) is 0 Å². The van der Waals surface area contributed by atoms with Gasteiger partial charge in [0.1, 0.15) is 17.4 Å². The number of hydrogen-bond acceptors (Lipinski definition) is 3. The second-order valence-electron chi connectivity index (χ2n) is 5.72. The number of rotatable bonds is 6. The zero-order valence-electron chi connectivity index (χ0n) is 12.8. The van der Waals surface area contributed by atoms with Crippen LogP contribution < -0.4 is 10.0 Å². The Bertz CT molecular complexity index is 673. The van der Waals surface area contributed by atoms with Crippen LogP contribution in [0.25, 0.3) is 0 Å². The van der Waals surface area contributed by atoms with Crippen LogP contribution in [-0.4, -0.2) is 27.1 Å². The first-order valence-electron chi connectivity index (χ1n) is 7.48. The number of carbonyl (C=O) groups is 1. The van der Waals surface area contributed by atoms with Crippen molar-refractivity contribution in [3.8, 4) is 0 Å². The highest BCUT2D eigenvalue weighted by atomic mass is 32.2. The predicted octanol–water partition coefficient (Wildman–Crippen LogP) is 1.86. The molecule has 8 heteroatoms. The van der Waals surface area contributed by atoms with E-state index in [-0.39, 0.29) is 11.5 Å². The van der Waals surface area contributed by atoms with Crippen LogP contribution >= 0.6 is 0 Å². The molecule has 0 heterocycles. The summed E-state index contributed by atoms with van der Waals surface area (Å²) >= 11 is 0. The molecule has 1 saturated carbocycles. The fourth-order valence-corrected chi connectivity index (χ4v) is 3.53. The summed E-state index contributed by atoms with van der Waals surface area (Å²) in [5.74, 6) is -2.86. The van der Waals surface area contributed by atoms with Crippen LogP contribution in [-0.2, 0) is 14.8 Å². The molecule has 1 amide bonds. The molecule has 0 aromatic heterocycles. The Balaban J connectivity index is 2.22. The van der Waals surface area contributed by atoms with Crippen LogP contribution in [0.15, 0.2) is 18.2 Å². The summed E-state index contributed by atoms with van der Waals surface area (Å²) in [6.07, 6.45) is 3.55. The van der Waals surface area contributed by atoms with E-state index in [9.17, 15) is 22.0 Å². The molecule has 1 fully saturated rings. The van der Waals surface area contributed by atoms with E-state index in [2.05, 4.69) is 10.0 Å². The fraction of sp³-hybridized carbons (Fsp3) is 0.533. The van der Waals surface area contributed by atoms with Crippen molar-refractivity contribution in [2.45, 2.75) is 31.7 Å². The molecule has 0 radical (unpaired) electrons. The van der Waals surface area contributed by atoms with Crippen LogP contribution in [0.5, 0.6) is 0 Å². The van der Waals surface area contributed by atoms with Gasteiger partial charge in [-0.3, -0.25) is 4.79 Å². The van der Waals surface area contributed by atoms with Crippen molar-refractivity contribution in [1.82, 2.24) is 10.0 Å². The van der Waals surface area contributed by atoms with Gasteiger partial charge in [-0.05, 0) is 31.9 Å². The van der Waals surface area contributed by atoms with Crippen molar-refractivity contribution in [1.29, 1.82) is 0 Å². The molecule has 1 aliphatic carbocycles. The molecule has 2 N–H and O–H groups in total. The number of benzene rings is 1. The average molecular weight is 346 g/mol. The zero-order valence-corrected chi connectivity index (χ0v) is 13.6. The van der Waals surface area contributed by atoms with E-state index in [0.29, 0.717) is 0 Å². The maximum absolute atomic E-state index is 14.1. The zero-order chi connectivity index (χ0) is 17.0. The highest BCUT2D eigenvalue weighted by Gasteiger charge is 2.30. The maximum atomic E-state index is 14.1. The first kappa shape index (κ1) is 17.8. The number of amides is 1. The monoisotopic (exact) mass is 346 g/mol. The number of carbonyl (C=O) groups excluding carboxylic acids is 1. The van der Waals surface area contributed by atoms with Gasteiger partial charge >= 0.3 is 0 Å². The van der Waals surface area contributed by atoms with E-state index in [0.717, 1.165) is 37.8 Å². The van der Waals surface area contributed by atoms with Crippen LogP contribution in [0.2, 0.25) is 0 Å². The van der Waals surface area contributed by atoms with Gasteiger partial charge < -0.3 is 5.32 Å². The van der Waals surface area contributed by atoms with Crippen molar-refractivity contribution >= 4 is 15.9 Å². The Hall–Kier alpha value is -1.54. The molecule has 0 aliphatic heterocycles. The Morgan fingerprint density at radius 2 is 1.96 bits per heavy atom. The Morgan fingerprint density at radius 3 is 2.52 bits per heavy atom. The molecule has 5 nitrogen and oxygen atoms in total. The number of halogens is 2. The molecular weight excluding hydrogens is 326 g/mol. The van der Waals surface area contributed by atoms with Gasteiger partial charge in [-0.15, -0.1) is 0 Å². The van der Waals surface area contributed by atoms with Crippen LogP contribution in [0.1, 0.15) is 37.3 Å². The van der Waals surface area contributed by atoms with Crippen molar-refractivity contribution < 1.29 is 22.0 Å². The second kappa shape index (κ2) is 7.35. The lowest BCUT2D eigenvalue weighted by Gasteiger charge is -2.25. The summed E-state index contributed by atoms with van der Waals surface area (Å²) in [6.45, 7) is 0. The summed E-state index contributed by atoms with van der Waals surface area (Å²) in [6, 6.07) is 2.56. The smallest absolute Gasteiger partial charge is 0.237 e. The predicted molar refractivity (Wildman–Crippen MR) is 82.0 cm³/mol. The molecule has 23 heavy (non-hydrogen) atoms. The maximum Gasteiger partial charge on any atom is 0.237 e. The van der Waals surface area contributed by atoms with Gasteiger partial charge in [0.05, 0.1) is 6.04 Å². The van der Waals surface area contributed by atoms with E-state index in [4.69, 9.17) is 0 Å². The van der Waals surface area contributed by atoms with Gasteiger partial charge in [-0.1, -0.05) is 18.9 Å². The first-order chi connectivity index (χ1) is 10.8. The van der Waals surface area contributed by atoms with Gasteiger partial charge in [0, 0.05) is 11.6 Å². The topological polar surface area (TPSA) is 75.3 Å². The van der Waals surface area contributed by atoms with Crippen molar-refractivity contribution in [2.24, 2.45) is 5.92 Å². The highest BCUT2D eigenvalue weighted by molar-refractivity contribution is 7.90. The lowest BCUT2D eigenvalue weighted by Crippen LogP contribution is -2.39. The molecule has 0 unspecified atom stereocenters. The molecule has 0 spiro atoms. The molecule has 1 aliphatic rings. The Labute approximate surface area is 134 Å². The molecule has 1 aromatic rings. The third-order valence-corrected chi connectivity index (χ3v) is 5.38. The highest BCUT2D eigenvalue weighted by Crippen LogP contribution is 2.36. The van der Waals surface area contributed by atoms with Gasteiger partial charge in [0.25, 0.3) is 0 Å². The standard InChI is InChI=1S/C15H20F2N2O3S/c1-18-23(21,22)9-14(20)19-15(10-4-2-3-5-10)12-7-6-11(16)8-13(12)17/h6-8,10,15,18H,2-5,9H2,1H3,(H,19,20)/t15-/m1/s1. The quantitative estimate of drug-likeness (QED) is 0.826. The lowest BCUT2D eigenvalue weighted by atomic mass is 9.91. The summed E-state index contributed by atoms with van der Waals surface area (Å²) in [7, 11) is -2.48. The number of nitrogens with one attached hydrogen (secondary N) is 2. The molecule has 128 valence electrons. The van der Waals surface area contributed by atoms with Gasteiger partial charge in [0.15, 0.2) is 0 Å². The Kier molecular flexibility index (Phi) is 5.69. The van der Waals surface area contributed by atoms with E-state index >= 15 is 0 Å². The normalized spacial score (nSPS) is 17.2. The third kappa shape index (κ3) is 4.71. The second-order valence-corrected chi connectivity index (χ2v) is 7.65. The lowest BCUT2D eigenvalue weighted by molar-refractivity contribution is -0.119. The van der Waals surface area contributed by atoms with Gasteiger partial charge in [-0.2, -0.15) is 0 Å².